The van der Waals surface area contributed by atoms with E-state index in [1.54, 1.807) is 18.2 Å². The molecule has 0 saturated heterocycles. The van der Waals surface area contributed by atoms with Gasteiger partial charge in [0.1, 0.15) is 11.9 Å². The average molecular weight is 264 g/mol. The van der Waals surface area contributed by atoms with Gasteiger partial charge in [-0.15, -0.1) is 0 Å². The van der Waals surface area contributed by atoms with E-state index in [1.165, 1.54) is 13.2 Å². The Labute approximate surface area is 110 Å². The number of ether oxygens (including phenoxy) is 1. The van der Waals surface area contributed by atoms with Gasteiger partial charge in [0, 0.05) is 0 Å². The molecule has 0 bridgehead atoms. The van der Waals surface area contributed by atoms with Crippen LogP contribution in [0.1, 0.15) is 22.8 Å². The number of methoxy groups -OCH3 is 1. The summed E-state index contributed by atoms with van der Waals surface area (Å²) in [4.78, 5) is 0. The second kappa shape index (κ2) is 5.36. The third kappa shape index (κ3) is 2.74. The highest BCUT2D eigenvalue weighted by atomic mass is 19.2. The molecule has 100 valence electrons. The molecule has 0 heterocycles. The Hall–Kier alpha value is -1.94. The predicted molar refractivity (Wildman–Crippen MR) is 68.2 cm³/mol. The van der Waals surface area contributed by atoms with Crippen molar-refractivity contribution in [2.45, 2.75) is 13.0 Å². The first kappa shape index (κ1) is 13.5. The molecule has 0 aliphatic heterocycles. The molecule has 0 saturated carbocycles. The minimum absolute atomic E-state index is 0.296. The Bertz CT molecular complexity index is 597. The van der Waals surface area contributed by atoms with Gasteiger partial charge < -0.3 is 9.84 Å². The molecule has 2 rings (SSSR count). The molecule has 0 spiro atoms. The maximum Gasteiger partial charge on any atom is 0.159 e. The summed E-state index contributed by atoms with van der Waals surface area (Å²) in [5.74, 6) is -1.27. The molecule has 1 atom stereocenters. The Morgan fingerprint density at radius 2 is 1.63 bits per heavy atom. The molecule has 4 heteroatoms. The van der Waals surface area contributed by atoms with Crippen LogP contribution in [0, 0.1) is 18.6 Å². The second-order valence-corrected chi connectivity index (χ2v) is 4.31. The molecule has 1 N–H and O–H groups in total. The van der Waals surface area contributed by atoms with Gasteiger partial charge in [-0.3, -0.25) is 0 Å². The molecule has 0 radical (unpaired) electrons. The van der Waals surface area contributed by atoms with Gasteiger partial charge in [0.05, 0.1) is 7.11 Å². The number of aryl methyl sites for hydroxylation is 1. The van der Waals surface area contributed by atoms with E-state index in [0.717, 1.165) is 17.7 Å². The monoisotopic (exact) mass is 264 g/mol. The van der Waals surface area contributed by atoms with Crippen LogP contribution in [0.4, 0.5) is 8.78 Å². The molecule has 2 nitrogen and oxygen atoms in total. The topological polar surface area (TPSA) is 29.5 Å². The van der Waals surface area contributed by atoms with Gasteiger partial charge in [0.2, 0.25) is 0 Å². The lowest BCUT2D eigenvalue weighted by atomic mass is 10.00. The maximum absolute atomic E-state index is 13.2. The SMILES string of the molecule is COc1cc(C(O)c2ccc(F)c(F)c2)ccc1C. The number of rotatable bonds is 3. The van der Waals surface area contributed by atoms with Crippen molar-refractivity contribution in [2.24, 2.45) is 0 Å². The Kier molecular flexibility index (Phi) is 3.81. The summed E-state index contributed by atoms with van der Waals surface area (Å²) < 4.78 is 31.2. The number of hydrogen-bond donors (Lipinski definition) is 1. The van der Waals surface area contributed by atoms with E-state index in [2.05, 4.69) is 0 Å². The Balaban J connectivity index is 2.37. The van der Waals surface area contributed by atoms with Crippen molar-refractivity contribution in [1.29, 1.82) is 0 Å². The first-order valence-corrected chi connectivity index (χ1v) is 5.80. The van der Waals surface area contributed by atoms with Crippen LogP contribution < -0.4 is 4.74 Å². The fourth-order valence-corrected chi connectivity index (χ4v) is 1.88. The molecule has 0 aliphatic rings. The zero-order valence-corrected chi connectivity index (χ0v) is 10.7. The van der Waals surface area contributed by atoms with Crippen LogP contribution in [-0.2, 0) is 0 Å². The van der Waals surface area contributed by atoms with Gasteiger partial charge in [0.15, 0.2) is 11.6 Å². The predicted octanol–water partition coefficient (Wildman–Crippen LogP) is 3.36. The van der Waals surface area contributed by atoms with Crippen LogP contribution in [0.5, 0.6) is 5.75 Å². The normalized spacial score (nSPS) is 12.3. The van der Waals surface area contributed by atoms with Crippen LogP contribution in [0.15, 0.2) is 36.4 Å². The fourth-order valence-electron chi connectivity index (χ4n) is 1.88. The first-order chi connectivity index (χ1) is 9.02. The van der Waals surface area contributed by atoms with Gasteiger partial charge in [0.25, 0.3) is 0 Å². The van der Waals surface area contributed by atoms with Crippen LogP contribution in [0.2, 0.25) is 0 Å². The summed E-state index contributed by atoms with van der Waals surface area (Å²) in [6.45, 7) is 1.88. The number of halogens is 2. The van der Waals surface area contributed by atoms with Crippen molar-refractivity contribution in [2.75, 3.05) is 7.11 Å². The lowest BCUT2D eigenvalue weighted by molar-refractivity contribution is 0.219. The summed E-state index contributed by atoms with van der Waals surface area (Å²) in [6, 6.07) is 8.56. The molecule has 19 heavy (non-hydrogen) atoms. The van der Waals surface area contributed by atoms with E-state index >= 15 is 0 Å². The molecule has 0 fully saturated rings. The number of aliphatic hydroxyl groups is 1. The minimum Gasteiger partial charge on any atom is -0.496 e. The van der Waals surface area contributed by atoms with Gasteiger partial charge in [-0.2, -0.15) is 0 Å². The highest BCUT2D eigenvalue weighted by molar-refractivity contribution is 5.40. The summed E-state index contributed by atoms with van der Waals surface area (Å²) in [5, 5.41) is 10.2. The van der Waals surface area contributed by atoms with Crippen LogP contribution in [0.3, 0.4) is 0 Å². The second-order valence-electron chi connectivity index (χ2n) is 4.31. The number of aliphatic hydroxyl groups excluding tert-OH is 1. The van der Waals surface area contributed by atoms with E-state index in [-0.39, 0.29) is 0 Å². The van der Waals surface area contributed by atoms with E-state index in [0.29, 0.717) is 16.9 Å². The zero-order chi connectivity index (χ0) is 14.0. The zero-order valence-electron chi connectivity index (χ0n) is 10.7. The standard InChI is InChI=1S/C15H14F2O2/c1-9-3-4-11(8-14(9)19-2)15(18)10-5-6-12(16)13(17)7-10/h3-8,15,18H,1-2H3. The molecular formula is C15H14F2O2. The first-order valence-electron chi connectivity index (χ1n) is 5.80. The minimum atomic E-state index is -1.02. The summed E-state index contributed by atoms with van der Waals surface area (Å²) in [5.41, 5.74) is 1.79. The number of hydrogen-bond acceptors (Lipinski definition) is 2. The lowest BCUT2D eigenvalue weighted by Crippen LogP contribution is -2.02. The number of benzene rings is 2. The van der Waals surface area contributed by atoms with Gasteiger partial charge >= 0.3 is 0 Å². The highest BCUT2D eigenvalue weighted by Gasteiger charge is 2.14. The van der Waals surface area contributed by atoms with Crippen LogP contribution >= 0.6 is 0 Å². The molecule has 0 aliphatic carbocycles. The van der Waals surface area contributed by atoms with Crippen molar-refractivity contribution in [1.82, 2.24) is 0 Å². The third-order valence-electron chi connectivity index (χ3n) is 3.01. The molecule has 1 unspecified atom stereocenters. The van der Waals surface area contributed by atoms with E-state index in [4.69, 9.17) is 4.74 Å². The third-order valence-corrected chi connectivity index (χ3v) is 3.01. The van der Waals surface area contributed by atoms with Crippen molar-refractivity contribution in [3.63, 3.8) is 0 Å². The van der Waals surface area contributed by atoms with E-state index < -0.39 is 17.7 Å². The fraction of sp³-hybridized carbons (Fsp3) is 0.200. The van der Waals surface area contributed by atoms with Gasteiger partial charge in [-0.25, -0.2) is 8.78 Å². The molecule has 0 amide bonds. The Morgan fingerprint density at radius 3 is 2.26 bits per heavy atom. The van der Waals surface area contributed by atoms with Gasteiger partial charge in [-0.1, -0.05) is 18.2 Å². The molecule has 2 aromatic carbocycles. The Morgan fingerprint density at radius 1 is 1.00 bits per heavy atom. The summed E-state index contributed by atoms with van der Waals surface area (Å²) in [6.07, 6.45) is -1.02. The average Bonchev–Trinajstić information content (AvgIpc) is 2.41. The van der Waals surface area contributed by atoms with E-state index in [9.17, 15) is 13.9 Å². The van der Waals surface area contributed by atoms with Crippen molar-refractivity contribution in [3.05, 3.63) is 64.7 Å². The van der Waals surface area contributed by atoms with Crippen molar-refractivity contribution in [3.8, 4) is 5.75 Å². The van der Waals surface area contributed by atoms with Crippen LogP contribution in [-0.4, -0.2) is 12.2 Å². The van der Waals surface area contributed by atoms with Crippen LogP contribution in [0.25, 0.3) is 0 Å². The van der Waals surface area contributed by atoms with Crippen molar-refractivity contribution < 1.29 is 18.6 Å². The molecule has 2 aromatic rings. The molecular weight excluding hydrogens is 250 g/mol. The van der Waals surface area contributed by atoms with E-state index in [1.807, 2.05) is 6.92 Å². The summed E-state index contributed by atoms with van der Waals surface area (Å²) in [7, 11) is 1.54. The smallest absolute Gasteiger partial charge is 0.159 e. The quantitative estimate of drug-likeness (QED) is 0.921. The molecule has 0 aromatic heterocycles. The largest absolute Gasteiger partial charge is 0.496 e. The van der Waals surface area contributed by atoms with Gasteiger partial charge in [-0.05, 0) is 41.8 Å². The highest BCUT2D eigenvalue weighted by Crippen LogP contribution is 2.28. The summed E-state index contributed by atoms with van der Waals surface area (Å²) >= 11 is 0. The maximum atomic E-state index is 13.2. The van der Waals surface area contributed by atoms with Crippen molar-refractivity contribution >= 4 is 0 Å². The lowest BCUT2D eigenvalue weighted by Gasteiger charge is -2.14.